The molecule has 0 amide bonds. The minimum atomic E-state index is 0.608. The highest BCUT2D eigenvalue weighted by Crippen LogP contribution is 2.15. The van der Waals surface area contributed by atoms with E-state index in [9.17, 15) is 0 Å². The Morgan fingerprint density at radius 3 is 2.36 bits per heavy atom. The van der Waals surface area contributed by atoms with Crippen LogP contribution in [-0.4, -0.2) is 6.54 Å². The second-order valence-electron chi connectivity index (χ2n) is 3.80. The lowest BCUT2D eigenvalue weighted by Gasteiger charge is -2.04. The maximum atomic E-state index is 5.41. The summed E-state index contributed by atoms with van der Waals surface area (Å²) < 4.78 is 0. The van der Waals surface area contributed by atoms with Gasteiger partial charge >= 0.3 is 0 Å². The van der Waals surface area contributed by atoms with Crippen LogP contribution in [0.15, 0.2) is 30.3 Å². The molecule has 1 heteroatoms. The molecule has 0 atom stereocenters. The molecule has 0 unspecified atom stereocenters. The van der Waals surface area contributed by atoms with Gasteiger partial charge in [-0.1, -0.05) is 50.3 Å². The Morgan fingerprint density at radius 1 is 1.21 bits per heavy atom. The predicted molar refractivity (Wildman–Crippen MR) is 63.2 cm³/mol. The van der Waals surface area contributed by atoms with Gasteiger partial charge in [0.15, 0.2) is 0 Å². The molecule has 1 aromatic carbocycles. The molecule has 0 aliphatic carbocycles. The number of hydrogen-bond donors (Lipinski definition) is 1. The van der Waals surface area contributed by atoms with E-state index in [-0.39, 0.29) is 0 Å². The smallest absolute Gasteiger partial charge is 0.00425 e. The molecule has 0 aliphatic heterocycles. The first kappa shape index (κ1) is 11.0. The van der Waals surface area contributed by atoms with Crippen molar-refractivity contribution >= 4 is 6.08 Å². The van der Waals surface area contributed by atoms with Gasteiger partial charge < -0.3 is 5.73 Å². The lowest BCUT2D eigenvalue weighted by Crippen LogP contribution is -1.94. The molecular formula is C13H19N. The van der Waals surface area contributed by atoms with Crippen molar-refractivity contribution in [1.82, 2.24) is 0 Å². The fourth-order valence-corrected chi connectivity index (χ4v) is 1.31. The molecule has 1 aromatic rings. The fraction of sp³-hybridized carbons (Fsp3) is 0.385. The second-order valence-corrected chi connectivity index (χ2v) is 3.80. The van der Waals surface area contributed by atoms with Gasteiger partial charge in [-0.15, -0.1) is 0 Å². The molecule has 0 radical (unpaired) electrons. The van der Waals surface area contributed by atoms with E-state index in [0.717, 1.165) is 13.0 Å². The largest absolute Gasteiger partial charge is 0.330 e. The van der Waals surface area contributed by atoms with Crippen LogP contribution in [0.5, 0.6) is 0 Å². The Balaban J connectivity index is 2.64. The molecular weight excluding hydrogens is 170 g/mol. The van der Waals surface area contributed by atoms with E-state index in [1.165, 1.54) is 11.1 Å². The highest BCUT2D eigenvalue weighted by Gasteiger charge is 1.96. The minimum absolute atomic E-state index is 0.608. The quantitative estimate of drug-likeness (QED) is 0.773. The molecule has 14 heavy (non-hydrogen) atoms. The van der Waals surface area contributed by atoms with Gasteiger partial charge in [-0.05, 0) is 30.0 Å². The van der Waals surface area contributed by atoms with Crippen LogP contribution in [-0.2, 0) is 0 Å². The average Bonchev–Trinajstić information content (AvgIpc) is 2.19. The zero-order valence-corrected chi connectivity index (χ0v) is 9.03. The molecule has 2 N–H and O–H groups in total. The number of nitrogens with two attached hydrogens (primary N) is 1. The molecule has 0 saturated carbocycles. The van der Waals surface area contributed by atoms with Gasteiger partial charge in [-0.2, -0.15) is 0 Å². The van der Waals surface area contributed by atoms with Crippen LogP contribution in [0.1, 0.15) is 37.3 Å². The van der Waals surface area contributed by atoms with Crippen LogP contribution in [0, 0.1) is 0 Å². The second kappa shape index (κ2) is 5.61. The summed E-state index contributed by atoms with van der Waals surface area (Å²) in [5.41, 5.74) is 8.05. The van der Waals surface area contributed by atoms with E-state index < -0.39 is 0 Å². The summed E-state index contributed by atoms with van der Waals surface area (Å²) in [6.07, 6.45) is 5.19. The lowest BCUT2D eigenvalue weighted by molar-refractivity contribution is 0.866. The zero-order chi connectivity index (χ0) is 10.4. The van der Waals surface area contributed by atoms with E-state index in [4.69, 9.17) is 5.73 Å². The first-order valence-corrected chi connectivity index (χ1v) is 5.20. The van der Waals surface area contributed by atoms with Crippen LogP contribution in [0.4, 0.5) is 0 Å². The van der Waals surface area contributed by atoms with Crippen molar-refractivity contribution in [3.05, 3.63) is 41.5 Å². The summed E-state index contributed by atoms with van der Waals surface area (Å²) in [6, 6.07) is 8.68. The van der Waals surface area contributed by atoms with Crippen LogP contribution in [0.2, 0.25) is 0 Å². The normalized spacial score (nSPS) is 11.4. The van der Waals surface area contributed by atoms with Crippen molar-refractivity contribution in [2.24, 2.45) is 5.73 Å². The van der Waals surface area contributed by atoms with Crippen molar-refractivity contribution in [3.8, 4) is 0 Å². The van der Waals surface area contributed by atoms with Crippen molar-refractivity contribution in [2.75, 3.05) is 6.54 Å². The summed E-state index contributed by atoms with van der Waals surface area (Å²) in [6.45, 7) is 5.14. The zero-order valence-electron chi connectivity index (χ0n) is 9.03. The first-order valence-electron chi connectivity index (χ1n) is 5.20. The number of benzene rings is 1. The molecule has 0 heterocycles. The van der Waals surface area contributed by atoms with Crippen LogP contribution in [0.3, 0.4) is 0 Å². The number of rotatable bonds is 4. The van der Waals surface area contributed by atoms with Gasteiger partial charge in [0.05, 0.1) is 0 Å². The van der Waals surface area contributed by atoms with Crippen molar-refractivity contribution in [3.63, 3.8) is 0 Å². The van der Waals surface area contributed by atoms with Gasteiger partial charge in [0.2, 0.25) is 0 Å². The molecule has 0 bridgehead atoms. The summed E-state index contributed by atoms with van der Waals surface area (Å²) in [7, 11) is 0. The van der Waals surface area contributed by atoms with Gasteiger partial charge in [0.25, 0.3) is 0 Å². The van der Waals surface area contributed by atoms with E-state index >= 15 is 0 Å². The van der Waals surface area contributed by atoms with Crippen LogP contribution < -0.4 is 5.73 Å². The molecule has 1 rings (SSSR count). The molecule has 0 aromatic heterocycles. The molecule has 0 saturated heterocycles. The Labute approximate surface area is 86.6 Å². The third-order valence-corrected chi connectivity index (χ3v) is 2.25. The van der Waals surface area contributed by atoms with Gasteiger partial charge in [-0.25, -0.2) is 0 Å². The summed E-state index contributed by atoms with van der Waals surface area (Å²) >= 11 is 0. The standard InChI is InChI=1S/C13H19N/c1-11(2)13-8-6-12(7-9-13)5-3-4-10-14/h3,5-9,11H,4,10,14H2,1-2H3. The predicted octanol–water partition coefficient (Wildman–Crippen LogP) is 3.17. The maximum absolute atomic E-state index is 5.41. The molecule has 0 aliphatic rings. The fourth-order valence-electron chi connectivity index (χ4n) is 1.31. The maximum Gasteiger partial charge on any atom is -0.00425 e. The van der Waals surface area contributed by atoms with Gasteiger partial charge in [0, 0.05) is 0 Å². The summed E-state index contributed by atoms with van der Waals surface area (Å²) in [5.74, 6) is 0.608. The Hall–Kier alpha value is -1.08. The highest BCUT2D eigenvalue weighted by atomic mass is 14.5. The topological polar surface area (TPSA) is 26.0 Å². The van der Waals surface area contributed by atoms with Crippen LogP contribution >= 0.6 is 0 Å². The van der Waals surface area contributed by atoms with E-state index in [1.807, 2.05) is 0 Å². The molecule has 1 nitrogen and oxygen atoms in total. The Bertz CT molecular complexity index is 283. The summed E-state index contributed by atoms with van der Waals surface area (Å²) in [4.78, 5) is 0. The third-order valence-electron chi connectivity index (χ3n) is 2.25. The van der Waals surface area contributed by atoms with Crippen LogP contribution in [0.25, 0.3) is 6.08 Å². The van der Waals surface area contributed by atoms with E-state index in [2.05, 4.69) is 50.3 Å². The monoisotopic (exact) mass is 189 g/mol. The number of hydrogen-bond acceptors (Lipinski definition) is 1. The third kappa shape index (κ3) is 3.35. The molecule has 76 valence electrons. The average molecular weight is 189 g/mol. The molecule has 0 fully saturated rings. The van der Waals surface area contributed by atoms with Crippen molar-refractivity contribution < 1.29 is 0 Å². The highest BCUT2D eigenvalue weighted by molar-refractivity contribution is 5.49. The van der Waals surface area contributed by atoms with Gasteiger partial charge in [0.1, 0.15) is 0 Å². The van der Waals surface area contributed by atoms with Crippen molar-refractivity contribution in [2.45, 2.75) is 26.2 Å². The van der Waals surface area contributed by atoms with Gasteiger partial charge in [-0.3, -0.25) is 0 Å². The lowest BCUT2D eigenvalue weighted by atomic mass is 10.0. The first-order chi connectivity index (χ1) is 6.74. The Kier molecular flexibility index (Phi) is 4.41. The SMILES string of the molecule is CC(C)c1ccc(C=CCCN)cc1. The summed E-state index contributed by atoms with van der Waals surface area (Å²) in [5, 5.41) is 0. The minimum Gasteiger partial charge on any atom is -0.330 e. The molecule has 0 spiro atoms. The van der Waals surface area contributed by atoms with E-state index in [1.54, 1.807) is 0 Å². The Morgan fingerprint density at radius 2 is 1.86 bits per heavy atom. The van der Waals surface area contributed by atoms with Crippen molar-refractivity contribution in [1.29, 1.82) is 0 Å². The van der Waals surface area contributed by atoms with E-state index in [0.29, 0.717) is 5.92 Å².